The van der Waals surface area contributed by atoms with Crippen molar-refractivity contribution < 1.29 is 17.5 Å². The first-order chi connectivity index (χ1) is 8.93. The largest absolute Gasteiger partial charge is 0.379 e. The van der Waals surface area contributed by atoms with Gasteiger partial charge >= 0.3 is 0 Å². The maximum Gasteiger partial charge on any atom is 0.243 e. The van der Waals surface area contributed by atoms with Crippen LogP contribution in [0.5, 0.6) is 0 Å². The molecule has 0 unspecified atom stereocenters. The zero-order chi connectivity index (χ0) is 14.3. The average molecular weight is 289 g/mol. The van der Waals surface area contributed by atoms with Crippen LogP contribution in [-0.2, 0) is 14.8 Å². The van der Waals surface area contributed by atoms with Crippen LogP contribution in [0.2, 0.25) is 0 Å². The van der Waals surface area contributed by atoms with Crippen molar-refractivity contribution in [3.05, 3.63) is 30.1 Å². The summed E-state index contributed by atoms with van der Waals surface area (Å²) in [5.41, 5.74) is 0. The lowest BCUT2D eigenvalue weighted by molar-refractivity contribution is 0.0762. The number of benzene rings is 1. The minimum Gasteiger partial charge on any atom is -0.379 e. The van der Waals surface area contributed by atoms with Gasteiger partial charge in [-0.25, -0.2) is 17.5 Å². The highest BCUT2D eigenvalue weighted by Gasteiger charge is 2.17. The standard InChI is InChI=1S/C13H20FNO3S/c1-11(2)18-10-6-5-9-15-19(16,17)13-8-4-3-7-12(13)14/h3-4,7-8,11,15H,5-6,9-10H2,1-2H3. The van der Waals surface area contributed by atoms with Crippen LogP contribution in [0.15, 0.2) is 29.2 Å². The van der Waals surface area contributed by atoms with Crippen LogP contribution in [-0.4, -0.2) is 27.7 Å². The molecule has 1 N–H and O–H groups in total. The summed E-state index contributed by atoms with van der Waals surface area (Å²) in [6, 6.07) is 5.33. The Morgan fingerprint density at radius 1 is 1.26 bits per heavy atom. The maximum atomic E-state index is 13.4. The number of rotatable bonds is 8. The molecule has 0 amide bonds. The molecule has 0 bridgehead atoms. The molecular formula is C13H20FNO3S. The van der Waals surface area contributed by atoms with Gasteiger partial charge in [-0.1, -0.05) is 12.1 Å². The smallest absolute Gasteiger partial charge is 0.243 e. The van der Waals surface area contributed by atoms with E-state index in [2.05, 4.69) is 4.72 Å². The second kappa shape index (κ2) is 7.57. The molecule has 0 saturated heterocycles. The number of sulfonamides is 1. The van der Waals surface area contributed by atoms with Gasteiger partial charge in [0, 0.05) is 13.2 Å². The van der Waals surface area contributed by atoms with Crippen LogP contribution in [0.4, 0.5) is 4.39 Å². The Balaban J connectivity index is 2.38. The third-order valence-corrected chi connectivity index (χ3v) is 3.93. The zero-order valence-corrected chi connectivity index (χ0v) is 12.0. The first-order valence-electron chi connectivity index (χ1n) is 6.29. The summed E-state index contributed by atoms with van der Waals surface area (Å²) < 4.78 is 44.7. The predicted octanol–water partition coefficient (Wildman–Crippen LogP) is 2.31. The average Bonchev–Trinajstić information content (AvgIpc) is 2.33. The number of hydrogen-bond acceptors (Lipinski definition) is 3. The molecule has 0 spiro atoms. The summed E-state index contributed by atoms with van der Waals surface area (Å²) in [4.78, 5) is -0.312. The van der Waals surface area contributed by atoms with Gasteiger partial charge in [0.1, 0.15) is 10.7 Å². The topological polar surface area (TPSA) is 55.4 Å². The van der Waals surface area contributed by atoms with E-state index in [-0.39, 0.29) is 17.5 Å². The highest BCUT2D eigenvalue weighted by atomic mass is 32.2. The first kappa shape index (κ1) is 16.1. The molecule has 4 nitrogen and oxygen atoms in total. The van der Waals surface area contributed by atoms with E-state index < -0.39 is 15.8 Å². The van der Waals surface area contributed by atoms with E-state index in [4.69, 9.17) is 4.74 Å². The van der Waals surface area contributed by atoms with E-state index in [1.807, 2.05) is 13.8 Å². The van der Waals surface area contributed by atoms with Gasteiger partial charge in [-0.2, -0.15) is 0 Å². The second-order valence-electron chi connectivity index (χ2n) is 4.45. The van der Waals surface area contributed by atoms with E-state index in [9.17, 15) is 12.8 Å². The van der Waals surface area contributed by atoms with Gasteiger partial charge in [-0.3, -0.25) is 0 Å². The van der Waals surface area contributed by atoms with Crippen LogP contribution in [0.3, 0.4) is 0 Å². The number of hydrogen-bond donors (Lipinski definition) is 1. The fourth-order valence-corrected chi connectivity index (χ4v) is 2.64. The molecule has 0 aliphatic rings. The zero-order valence-electron chi connectivity index (χ0n) is 11.2. The van der Waals surface area contributed by atoms with Crippen molar-refractivity contribution in [3.8, 4) is 0 Å². The van der Waals surface area contributed by atoms with E-state index in [0.717, 1.165) is 12.5 Å². The molecular weight excluding hydrogens is 269 g/mol. The summed E-state index contributed by atoms with van der Waals surface area (Å²) in [7, 11) is -3.76. The Morgan fingerprint density at radius 2 is 1.95 bits per heavy atom. The van der Waals surface area contributed by atoms with Gasteiger partial charge in [0.15, 0.2) is 0 Å². The third-order valence-electron chi connectivity index (χ3n) is 2.44. The molecule has 1 aromatic rings. The number of ether oxygens (including phenoxy) is 1. The molecule has 1 rings (SSSR count). The highest BCUT2D eigenvalue weighted by Crippen LogP contribution is 2.12. The fraction of sp³-hybridized carbons (Fsp3) is 0.538. The second-order valence-corrected chi connectivity index (χ2v) is 6.19. The lowest BCUT2D eigenvalue weighted by atomic mass is 10.3. The molecule has 1 aromatic carbocycles. The van der Waals surface area contributed by atoms with Gasteiger partial charge in [0.25, 0.3) is 0 Å². The highest BCUT2D eigenvalue weighted by molar-refractivity contribution is 7.89. The van der Waals surface area contributed by atoms with Gasteiger partial charge in [0.2, 0.25) is 10.0 Å². The summed E-state index contributed by atoms with van der Waals surface area (Å²) >= 11 is 0. The van der Waals surface area contributed by atoms with Crippen LogP contribution in [0.1, 0.15) is 26.7 Å². The van der Waals surface area contributed by atoms with Crippen LogP contribution in [0, 0.1) is 5.82 Å². The minimum atomic E-state index is -3.76. The van der Waals surface area contributed by atoms with Crippen LogP contribution < -0.4 is 4.72 Å². The van der Waals surface area contributed by atoms with Crippen molar-refractivity contribution in [2.24, 2.45) is 0 Å². The van der Waals surface area contributed by atoms with E-state index in [0.29, 0.717) is 13.0 Å². The van der Waals surface area contributed by atoms with Crippen LogP contribution >= 0.6 is 0 Å². The number of nitrogens with one attached hydrogen (secondary N) is 1. The van der Waals surface area contributed by atoms with Crippen molar-refractivity contribution in [1.82, 2.24) is 4.72 Å². The Morgan fingerprint density at radius 3 is 2.58 bits per heavy atom. The Bertz CT molecular complexity index is 488. The Labute approximate surface area is 114 Å². The first-order valence-corrected chi connectivity index (χ1v) is 7.77. The van der Waals surface area contributed by atoms with E-state index in [1.165, 1.54) is 18.2 Å². The van der Waals surface area contributed by atoms with Crippen molar-refractivity contribution in [1.29, 1.82) is 0 Å². The van der Waals surface area contributed by atoms with Crippen molar-refractivity contribution in [2.75, 3.05) is 13.2 Å². The van der Waals surface area contributed by atoms with Gasteiger partial charge in [-0.05, 0) is 38.8 Å². The molecule has 0 atom stereocenters. The van der Waals surface area contributed by atoms with Gasteiger partial charge in [-0.15, -0.1) is 0 Å². The quantitative estimate of drug-likeness (QED) is 0.747. The SMILES string of the molecule is CC(C)OCCCCNS(=O)(=O)c1ccccc1F. The molecule has 0 radical (unpaired) electrons. The number of unbranched alkanes of at least 4 members (excludes halogenated alkanes) is 1. The number of halogens is 1. The fourth-order valence-electron chi connectivity index (χ4n) is 1.49. The molecule has 19 heavy (non-hydrogen) atoms. The van der Waals surface area contributed by atoms with Crippen molar-refractivity contribution in [2.45, 2.75) is 37.7 Å². The molecule has 108 valence electrons. The monoisotopic (exact) mass is 289 g/mol. The molecule has 0 saturated carbocycles. The molecule has 0 aliphatic carbocycles. The minimum absolute atomic E-state index is 0.176. The van der Waals surface area contributed by atoms with Crippen LogP contribution in [0.25, 0.3) is 0 Å². The molecule has 0 aromatic heterocycles. The third kappa shape index (κ3) is 5.67. The lowest BCUT2D eigenvalue weighted by Crippen LogP contribution is -2.25. The van der Waals surface area contributed by atoms with Gasteiger partial charge < -0.3 is 4.74 Å². The van der Waals surface area contributed by atoms with E-state index in [1.54, 1.807) is 0 Å². The van der Waals surface area contributed by atoms with Crippen molar-refractivity contribution in [3.63, 3.8) is 0 Å². The molecule has 0 aliphatic heterocycles. The van der Waals surface area contributed by atoms with E-state index >= 15 is 0 Å². The predicted molar refractivity (Wildman–Crippen MR) is 71.9 cm³/mol. The van der Waals surface area contributed by atoms with Crippen molar-refractivity contribution >= 4 is 10.0 Å². The Kier molecular flexibility index (Phi) is 6.41. The van der Waals surface area contributed by atoms with Gasteiger partial charge in [0.05, 0.1) is 6.10 Å². The molecule has 0 fully saturated rings. The summed E-state index contributed by atoms with van der Waals surface area (Å²) in [6.07, 6.45) is 1.59. The summed E-state index contributed by atoms with van der Waals surface area (Å²) in [5, 5.41) is 0. The maximum absolute atomic E-state index is 13.4. The summed E-state index contributed by atoms with van der Waals surface area (Å²) in [6.45, 7) is 4.76. The Hall–Kier alpha value is -0.980. The summed E-state index contributed by atoms with van der Waals surface area (Å²) in [5.74, 6) is -0.738. The molecule has 0 heterocycles. The molecule has 6 heteroatoms. The lowest BCUT2D eigenvalue weighted by Gasteiger charge is -2.09. The normalized spacial score (nSPS) is 12.0.